The first-order chi connectivity index (χ1) is 9.33. The SMILES string of the molecule is CCCC1CCC(CNCC)C(Cc2cncs2)C1. The second-order valence-electron chi connectivity index (χ2n) is 5.97. The quantitative estimate of drug-likeness (QED) is 0.812. The Balaban J connectivity index is 1.93. The van der Waals surface area contributed by atoms with Crippen molar-refractivity contribution in [2.24, 2.45) is 17.8 Å². The fourth-order valence-corrected chi connectivity index (χ4v) is 4.23. The summed E-state index contributed by atoms with van der Waals surface area (Å²) in [5.41, 5.74) is 1.97. The van der Waals surface area contributed by atoms with Gasteiger partial charge in [0.15, 0.2) is 0 Å². The molecule has 108 valence electrons. The van der Waals surface area contributed by atoms with Crippen LogP contribution in [-0.4, -0.2) is 18.1 Å². The summed E-state index contributed by atoms with van der Waals surface area (Å²) in [6.07, 6.45) is 10.4. The molecule has 0 aliphatic heterocycles. The summed E-state index contributed by atoms with van der Waals surface area (Å²) in [5.74, 6) is 2.71. The van der Waals surface area contributed by atoms with Crippen LogP contribution in [-0.2, 0) is 6.42 Å². The minimum absolute atomic E-state index is 0.866. The molecule has 1 aliphatic carbocycles. The molecule has 3 atom stereocenters. The third-order valence-corrected chi connectivity index (χ3v) is 5.35. The minimum Gasteiger partial charge on any atom is -0.317 e. The molecule has 1 heterocycles. The monoisotopic (exact) mass is 280 g/mol. The van der Waals surface area contributed by atoms with Crippen molar-refractivity contribution in [1.29, 1.82) is 0 Å². The lowest BCUT2D eigenvalue weighted by Gasteiger charge is -2.36. The first-order valence-electron chi connectivity index (χ1n) is 7.91. The third-order valence-electron chi connectivity index (χ3n) is 4.55. The standard InChI is InChI=1S/C16H28N2S/c1-3-5-13-6-7-14(10-17-4-2)15(8-13)9-16-11-18-12-19-16/h11-15,17H,3-10H2,1-2H3. The lowest BCUT2D eigenvalue weighted by molar-refractivity contribution is 0.169. The second kappa shape index (κ2) is 8.01. The molecule has 3 unspecified atom stereocenters. The predicted octanol–water partition coefficient (Wildman–Crippen LogP) is 4.13. The van der Waals surface area contributed by atoms with Gasteiger partial charge < -0.3 is 5.32 Å². The summed E-state index contributed by atoms with van der Waals surface area (Å²) in [7, 11) is 0. The summed E-state index contributed by atoms with van der Waals surface area (Å²) in [6.45, 7) is 6.84. The van der Waals surface area contributed by atoms with Gasteiger partial charge in [-0.2, -0.15) is 0 Å². The van der Waals surface area contributed by atoms with E-state index < -0.39 is 0 Å². The van der Waals surface area contributed by atoms with Crippen molar-refractivity contribution in [3.8, 4) is 0 Å². The highest BCUT2D eigenvalue weighted by Gasteiger charge is 2.30. The van der Waals surface area contributed by atoms with E-state index in [9.17, 15) is 0 Å². The lowest BCUT2D eigenvalue weighted by Crippen LogP contribution is -2.34. The molecule has 19 heavy (non-hydrogen) atoms. The maximum atomic E-state index is 4.23. The molecule has 1 aliphatic rings. The molecule has 0 radical (unpaired) electrons. The van der Waals surface area contributed by atoms with Gasteiger partial charge >= 0.3 is 0 Å². The Bertz CT molecular complexity index is 337. The number of hydrogen-bond acceptors (Lipinski definition) is 3. The first kappa shape index (κ1) is 15.0. The largest absolute Gasteiger partial charge is 0.317 e. The van der Waals surface area contributed by atoms with Gasteiger partial charge in [-0.3, -0.25) is 4.98 Å². The molecule has 0 amide bonds. The van der Waals surface area contributed by atoms with Crippen molar-refractivity contribution in [3.05, 3.63) is 16.6 Å². The van der Waals surface area contributed by atoms with E-state index in [4.69, 9.17) is 0 Å². The van der Waals surface area contributed by atoms with E-state index in [1.165, 1.54) is 49.9 Å². The molecular formula is C16H28N2S. The van der Waals surface area contributed by atoms with Crippen LogP contribution in [0.1, 0.15) is 50.8 Å². The molecule has 1 saturated carbocycles. The van der Waals surface area contributed by atoms with E-state index >= 15 is 0 Å². The molecule has 0 bridgehead atoms. The molecular weight excluding hydrogens is 252 g/mol. The molecule has 1 aromatic heterocycles. The summed E-state index contributed by atoms with van der Waals surface area (Å²) in [6, 6.07) is 0. The molecule has 1 fully saturated rings. The van der Waals surface area contributed by atoms with E-state index in [1.807, 2.05) is 16.8 Å². The number of thiazole rings is 1. The molecule has 0 aromatic carbocycles. The van der Waals surface area contributed by atoms with Gasteiger partial charge in [0.2, 0.25) is 0 Å². The zero-order valence-electron chi connectivity index (χ0n) is 12.4. The van der Waals surface area contributed by atoms with Crippen molar-refractivity contribution >= 4 is 11.3 Å². The highest BCUT2D eigenvalue weighted by atomic mass is 32.1. The van der Waals surface area contributed by atoms with Gasteiger partial charge in [0, 0.05) is 11.1 Å². The average Bonchev–Trinajstić information content (AvgIpc) is 2.91. The van der Waals surface area contributed by atoms with Crippen molar-refractivity contribution in [1.82, 2.24) is 10.3 Å². The molecule has 0 spiro atoms. The Morgan fingerprint density at radius 2 is 2.21 bits per heavy atom. The number of nitrogens with zero attached hydrogens (tertiary/aromatic N) is 1. The Morgan fingerprint density at radius 1 is 1.32 bits per heavy atom. The maximum absolute atomic E-state index is 4.23. The lowest BCUT2D eigenvalue weighted by atomic mass is 9.71. The smallest absolute Gasteiger partial charge is 0.0794 e. The van der Waals surface area contributed by atoms with Crippen LogP contribution in [0.4, 0.5) is 0 Å². The van der Waals surface area contributed by atoms with Gasteiger partial charge in [0.1, 0.15) is 0 Å². The van der Waals surface area contributed by atoms with Crippen LogP contribution in [0.2, 0.25) is 0 Å². The summed E-state index contributed by atoms with van der Waals surface area (Å²) >= 11 is 1.83. The van der Waals surface area contributed by atoms with Crippen molar-refractivity contribution in [3.63, 3.8) is 0 Å². The van der Waals surface area contributed by atoms with Crippen LogP contribution < -0.4 is 5.32 Å². The number of hydrogen-bond donors (Lipinski definition) is 1. The van der Waals surface area contributed by atoms with Crippen molar-refractivity contribution in [2.75, 3.05) is 13.1 Å². The van der Waals surface area contributed by atoms with E-state index in [-0.39, 0.29) is 0 Å². The Morgan fingerprint density at radius 3 is 2.89 bits per heavy atom. The van der Waals surface area contributed by atoms with E-state index in [1.54, 1.807) is 0 Å². The van der Waals surface area contributed by atoms with Crippen LogP contribution in [0, 0.1) is 17.8 Å². The minimum atomic E-state index is 0.866. The van der Waals surface area contributed by atoms with Crippen LogP contribution in [0.15, 0.2) is 11.7 Å². The van der Waals surface area contributed by atoms with Gasteiger partial charge in [0.05, 0.1) is 5.51 Å². The fourth-order valence-electron chi connectivity index (χ4n) is 3.54. The third kappa shape index (κ3) is 4.57. The molecule has 1 aromatic rings. The van der Waals surface area contributed by atoms with Crippen molar-refractivity contribution < 1.29 is 0 Å². The summed E-state index contributed by atoms with van der Waals surface area (Å²) in [4.78, 5) is 5.71. The Kier molecular flexibility index (Phi) is 6.32. The van der Waals surface area contributed by atoms with Gasteiger partial charge in [-0.05, 0) is 50.1 Å². The van der Waals surface area contributed by atoms with Crippen LogP contribution >= 0.6 is 11.3 Å². The van der Waals surface area contributed by atoms with Gasteiger partial charge in [0.25, 0.3) is 0 Å². The zero-order valence-corrected chi connectivity index (χ0v) is 13.2. The van der Waals surface area contributed by atoms with Gasteiger partial charge in [-0.1, -0.05) is 33.1 Å². The molecule has 2 nitrogen and oxygen atoms in total. The Labute approximate surface area is 122 Å². The number of nitrogens with one attached hydrogen (secondary N) is 1. The second-order valence-corrected chi connectivity index (χ2v) is 6.94. The fraction of sp³-hybridized carbons (Fsp3) is 0.812. The maximum Gasteiger partial charge on any atom is 0.0794 e. The van der Waals surface area contributed by atoms with Crippen molar-refractivity contribution in [2.45, 2.75) is 52.4 Å². The van der Waals surface area contributed by atoms with Crippen LogP contribution in [0.5, 0.6) is 0 Å². The van der Waals surface area contributed by atoms with E-state index in [2.05, 4.69) is 30.3 Å². The molecule has 3 heteroatoms. The van der Waals surface area contributed by atoms with E-state index in [0.717, 1.165) is 24.3 Å². The topological polar surface area (TPSA) is 24.9 Å². The summed E-state index contributed by atoms with van der Waals surface area (Å²) in [5, 5.41) is 3.56. The van der Waals surface area contributed by atoms with Crippen LogP contribution in [0.3, 0.4) is 0 Å². The molecule has 2 rings (SSSR count). The first-order valence-corrected chi connectivity index (χ1v) is 8.79. The average molecular weight is 280 g/mol. The highest BCUT2D eigenvalue weighted by molar-refractivity contribution is 7.09. The molecule has 1 N–H and O–H groups in total. The van der Waals surface area contributed by atoms with Crippen LogP contribution in [0.25, 0.3) is 0 Å². The highest BCUT2D eigenvalue weighted by Crippen LogP contribution is 2.38. The summed E-state index contributed by atoms with van der Waals surface area (Å²) < 4.78 is 0. The Hall–Kier alpha value is -0.410. The zero-order chi connectivity index (χ0) is 13.5. The normalized spacial score (nSPS) is 27.6. The molecule has 0 saturated heterocycles. The number of aromatic nitrogens is 1. The van der Waals surface area contributed by atoms with E-state index in [0.29, 0.717) is 0 Å². The predicted molar refractivity (Wildman–Crippen MR) is 83.6 cm³/mol. The number of rotatable bonds is 7. The van der Waals surface area contributed by atoms with Gasteiger partial charge in [-0.15, -0.1) is 11.3 Å². The van der Waals surface area contributed by atoms with Gasteiger partial charge in [-0.25, -0.2) is 0 Å².